The lowest BCUT2D eigenvalue weighted by atomic mass is 9.49. The van der Waals surface area contributed by atoms with Crippen molar-refractivity contribution in [1.82, 2.24) is 14.9 Å². The van der Waals surface area contributed by atoms with Crippen LogP contribution in [0.15, 0.2) is 42.5 Å². The lowest BCUT2D eigenvalue weighted by Gasteiger charge is -2.55. The molecule has 1 amide bonds. The van der Waals surface area contributed by atoms with E-state index >= 15 is 0 Å². The largest absolute Gasteiger partial charge is 0.492 e. The molecule has 4 aliphatic rings. The van der Waals surface area contributed by atoms with E-state index in [0.29, 0.717) is 19.1 Å². The molecule has 4 fully saturated rings. The Bertz CT molecular complexity index is 1210. The van der Waals surface area contributed by atoms with E-state index < -0.39 is 0 Å². The number of nitrogens with one attached hydrogen (secondary N) is 1. The third-order valence-electron chi connectivity index (χ3n) is 8.95. The summed E-state index contributed by atoms with van der Waals surface area (Å²) in [6, 6.07) is 14.5. The van der Waals surface area contributed by atoms with Crippen LogP contribution in [0, 0.1) is 37.0 Å². The van der Waals surface area contributed by atoms with Gasteiger partial charge in [0.05, 0.1) is 17.6 Å². The molecule has 0 radical (unpaired) electrons. The summed E-state index contributed by atoms with van der Waals surface area (Å²) in [5.74, 6) is 4.58. The van der Waals surface area contributed by atoms with Crippen LogP contribution in [-0.4, -0.2) is 28.6 Å². The Hall–Kier alpha value is -2.82. The van der Waals surface area contributed by atoms with Crippen LogP contribution < -0.4 is 10.1 Å². The number of imidazole rings is 1. The van der Waals surface area contributed by atoms with Gasteiger partial charge in [0.15, 0.2) is 0 Å². The van der Waals surface area contributed by atoms with Crippen LogP contribution >= 0.6 is 0 Å². The van der Waals surface area contributed by atoms with E-state index in [9.17, 15) is 4.79 Å². The number of hydrogen-bond donors (Lipinski definition) is 1. The molecule has 1 aromatic heterocycles. The third kappa shape index (κ3) is 4.34. The van der Waals surface area contributed by atoms with Gasteiger partial charge >= 0.3 is 0 Å². The normalized spacial score (nSPS) is 26.9. The van der Waals surface area contributed by atoms with Gasteiger partial charge in [-0.05, 0) is 106 Å². The molecule has 0 unspecified atom stereocenters. The molecule has 5 nitrogen and oxygen atoms in total. The predicted molar refractivity (Wildman–Crippen MR) is 138 cm³/mol. The Morgan fingerprint density at radius 2 is 1.74 bits per heavy atom. The molecule has 0 aliphatic heterocycles. The average molecular weight is 472 g/mol. The second kappa shape index (κ2) is 9.00. The van der Waals surface area contributed by atoms with E-state index in [1.165, 1.54) is 30.4 Å². The first-order valence-electron chi connectivity index (χ1n) is 13.4. The van der Waals surface area contributed by atoms with Crippen LogP contribution in [0.5, 0.6) is 5.75 Å². The highest BCUT2D eigenvalue weighted by Crippen LogP contribution is 2.60. The number of nitrogens with zero attached hydrogens (tertiary/aromatic N) is 2. The van der Waals surface area contributed by atoms with E-state index in [1.807, 2.05) is 12.1 Å². The van der Waals surface area contributed by atoms with Gasteiger partial charge in [0.25, 0.3) is 0 Å². The Kier molecular flexibility index (Phi) is 5.82. The van der Waals surface area contributed by atoms with Gasteiger partial charge in [-0.15, -0.1) is 0 Å². The molecule has 7 rings (SSSR count). The van der Waals surface area contributed by atoms with Crippen molar-refractivity contribution in [1.29, 1.82) is 0 Å². The van der Waals surface area contributed by atoms with Crippen molar-refractivity contribution >= 4 is 16.9 Å². The Morgan fingerprint density at radius 1 is 1.03 bits per heavy atom. The number of rotatable bonds is 8. The van der Waals surface area contributed by atoms with E-state index in [2.05, 4.69) is 54.1 Å². The molecule has 0 spiro atoms. The fraction of sp³-hybridized carbons (Fsp3) is 0.533. The predicted octanol–water partition coefficient (Wildman–Crippen LogP) is 5.61. The van der Waals surface area contributed by atoms with Crippen LogP contribution in [0.2, 0.25) is 0 Å². The maximum absolute atomic E-state index is 13.4. The summed E-state index contributed by atoms with van der Waals surface area (Å²) in [6.45, 7) is 6.18. The van der Waals surface area contributed by atoms with Gasteiger partial charge in [-0.2, -0.15) is 0 Å². The van der Waals surface area contributed by atoms with Crippen LogP contribution in [-0.2, 0) is 17.8 Å². The number of fused-ring (bicyclic) bond motifs is 1. The number of amides is 1. The molecule has 1 N–H and O–H groups in total. The number of para-hydroxylation sites is 2. The van der Waals surface area contributed by atoms with Crippen molar-refractivity contribution in [3.8, 4) is 5.75 Å². The Balaban J connectivity index is 1.11. The van der Waals surface area contributed by atoms with Gasteiger partial charge in [-0.3, -0.25) is 4.79 Å². The number of aromatic nitrogens is 2. The molecule has 0 atom stereocenters. The van der Waals surface area contributed by atoms with Crippen molar-refractivity contribution in [2.75, 3.05) is 13.2 Å². The summed E-state index contributed by atoms with van der Waals surface area (Å²) >= 11 is 0. The van der Waals surface area contributed by atoms with Gasteiger partial charge in [0.2, 0.25) is 5.91 Å². The Labute approximate surface area is 208 Å². The van der Waals surface area contributed by atoms with Crippen molar-refractivity contribution < 1.29 is 9.53 Å². The molecular weight excluding hydrogens is 434 g/mol. The van der Waals surface area contributed by atoms with Gasteiger partial charge in [-0.25, -0.2) is 4.98 Å². The van der Waals surface area contributed by atoms with Crippen molar-refractivity contribution in [2.24, 2.45) is 23.2 Å². The molecule has 4 bridgehead atoms. The molecule has 35 heavy (non-hydrogen) atoms. The topological polar surface area (TPSA) is 56.1 Å². The van der Waals surface area contributed by atoms with E-state index in [0.717, 1.165) is 72.6 Å². The first-order valence-corrected chi connectivity index (χ1v) is 13.4. The van der Waals surface area contributed by atoms with Crippen LogP contribution in [0.4, 0.5) is 0 Å². The molecule has 184 valence electrons. The average Bonchev–Trinajstić information content (AvgIpc) is 3.18. The van der Waals surface area contributed by atoms with Crippen molar-refractivity contribution in [3.63, 3.8) is 0 Å². The number of carbonyl (C=O) groups is 1. The van der Waals surface area contributed by atoms with Crippen molar-refractivity contribution in [3.05, 3.63) is 59.4 Å². The third-order valence-corrected chi connectivity index (χ3v) is 8.95. The molecular formula is C30H37N3O2. The van der Waals surface area contributed by atoms with Crippen LogP contribution in [0.3, 0.4) is 0 Å². The number of aryl methyl sites for hydroxylation is 2. The van der Waals surface area contributed by atoms with E-state index in [-0.39, 0.29) is 5.41 Å². The van der Waals surface area contributed by atoms with Crippen LogP contribution in [0.25, 0.3) is 11.0 Å². The molecule has 5 heteroatoms. The lowest BCUT2D eigenvalue weighted by molar-refractivity contribution is -0.146. The number of benzene rings is 2. The number of carbonyl (C=O) groups excluding carboxylic acids is 1. The fourth-order valence-corrected chi connectivity index (χ4v) is 7.49. The highest BCUT2D eigenvalue weighted by Gasteiger charge is 2.54. The summed E-state index contributed by atoms with van der Waals surface area (Å²) < 4.78 is 8.34. The SMILES string of the molecule is Cc1ccc(OCCn2c(CCNC(=O)C34CC5CC(CC(C5)C3)C4)nc3ccccc32)cc1C. The number of ether oxygens (including phenoxy) is 1. The van der Waals surface area contributed by atoms with E-state index in [1.54, 1.807) is 0 Å². The van der Waals surface area contributed by atoms with Gasteiger partial charge in [-0.1, -0.05) is 18.2 Å². The molecule has 4 saturated carbocycles. The highest BCUT2D eigenvalue weighted by atomic mass is 16.5. The molecule has 0 saturated heterocycles. The minimum atomic E-state index is -0.0884. The first-order chi connectivity index (χ1) is 17.0. The fourth-order valence-electron chi connectivity index (χ4n) is 7.49. The second-order valence-electron chi connectivity index (χ2n) is 11.5. The quantitative estimate of drug-likeness (QED) is 0.465. The summed E-state index contributed by atoms with van der Waals surface area (Å²) in [4.78, 5) is 18.3. The maximum atomic E-state index is 13.4. The van der Waals surface area contributed by atoms with Crippen LogP contribution in [0.1, 0.15) is 55.5 Å². The smallest absolute Gasteiger partial charge is 0.226 e. The van der Waals surface area contributed by atoms with E-state index in [4.69, 9.17) is 9.72 Å². The minimum Gasteiger partial charge on any atom is -0.492 e. The Morgan fingerprint density at radius 3 is 2.46 bits per heavy atom. The second-order valence-corrected chi connectivity index (χ2v) is 11.5. The molecule has 4 aliphatic carbocycles. The zero-order valence-electron chi connectivity index (χ0n) is 21.1. The zero-order chi connectivity index (χ0) is 24.0. The maximum Gasteiger partial charge on any atom is 0.226 e. The molecule has 1 heterocycles. The molecule has 2 aromatic carbocycles. The number of hydrogen-bond acceptors (Lipinski definition) is 3. The standard InChI is InChI=1S/C30H37N3O2/c1-20-7-8-25(13-21(20)2)35-12-11-33-27-6-4-3-5-26(27)32-28(33)9-10-31-29(34)30-17-22-14-23(18-30)16-24(15-22)19-30/h3-8,13,22-24H,9-12,14-19H2,1-2H3,(H,31,34). The van der Waals surface area contributed by atoms with Crippen molar-refractivity contribution in [2.45, 2.75) is 65.3 Å². The molecule has 3 aromatic rings. The first kappa shape index (κ1) is 22.6. The monoisotopic (exact) mass is 471 g/mol. The zero-order valence-corrected chi connectivity index (χ0v) is 21.1. The summed E-state index contributed by atoms with van der Waals surface area (Å²) in [5, 5.41) is 3.33. The summed E-state index contributed by atoms with van der Waals surface area (Å²) in [5.41, 5.74) is 4.55. The highest BCUT2D eigenvalue weighted by molar-refractivity contribution is 5.83. The minimum absolute atomic E-state index is 0.0884. The van der Waals surface area contributed by atoms with Gasteiger partial charge in [0.1, 0.15) is 18.2 Å². The lowest BCUT2D eigenvalue weighted by Crippen LogP contribution is -2.53. The van der Waals surface area contributed by atoms with Gasteiger partial charge in [0, 0.05) is 18.4 Å². The van der Waals surface area contributed by atoms with Gasteiger partial charge < -0.3 is 14.6 Å². The summed E-state index contributed by atoms with van der Waals surface area (Å²) in [6.07, 6.45) is 8.15. The summed E-state index contributed by atoms with van der Waals surface area (Å²) in [7, 11) is 0.